The number of rotatable bonds is 8. The van der Waals surface area contributed by atoms with Crippen LogP contribution in [-0.2, 0) is 0 Å². The van der Waals surface area contributed by atoms with Crippen molar-refractivity contribution in [3.63, 3.8) is 0 Å². The van der Waals surface area contributed by atoms with Gasteiger partial charge in [-0.15, -0.1) is 10.2 Å². The second kappa shape index (κ2) is 9.45. The number of thioether (sulfide) groups is 2. The largest absolute Gasteiger partial charge is 0.293 e. The second-order valence-corrected chi connectivity index (χ2v) is 9.47. The van der Waals surface area contributed by atoms with E-state index in [0.29, 0.717) is 22.6 Å². The summed E-state index contributed by atoms with van der Waals surface area (Å²) in [6, 6.07) is 16.5. The highest BCUT2D eigenvalue weighted by Crippen LogP contribution is 2.29. The van der Waals surface area contributed by atoms with Crippen LogP contribution in [0.15, 0.2) is 67.7 Å². The van der Waals surface area contributed by atoms with Crippen LogP contribution in [0.1, 0.15) is 20.7 Å². The molecule has 2 aromatic carbocycles. The van der Waals surface area contributed by atoms with Crippen LogP contribution in [0, 0.1) is 0 Å². The third-order valence-corrected chi connectivity index (χ3v) is 7.02. The average Bonchev–Trinajstić information content (AvgIpc) is 3.13. The van der Waals surface area contributed by atoms with Crippen LogP contribution < -0.4 is 0 Å². The van der Waals surface area contributed by atoms with Crippen molar-refractivity contribution in [2.45, 2.75) is 8.68 Å². The molecule has 0 amide bonds. The van der Waals surface area contributed by atoms with Crippen molar-refractivity contribution in [2.24, 2.45) is 0 Å². The maximum Gasteiger partial charge on any atom is 0.175 e. The Morgan fingerprint density at radius 3 is 1.85 bits per heavy atom. The number of carbonyl (C=O) groups is 2. The maximum absolute atomic E-state index is 12.2. The summed E-state index contributed by atoms with van der Waals surface area (Å²) in [7, 11) is 0. The first-order valence-electron chi connectivity index (χ1n) is 7.58. The predicted molar refractivity (Wildman–Crippen MR) is 111 cm³/mol. The molecule has 0 aliphatic heterocycles. The van der Waals surface area contributed by atoms with Crippen molar-refractivity contribution < 1.29 is 9.59 Å². The number of hydrogen-bond donors (Lipinski definition) is 0. The van der Waals surface area contributed by atoms with Crippen LogP contribution >= 0.6 is 50.8 Å². The SMILES string of the molecule is O=C(CSc1nnc(SCC(=O)c2ccc(Br)cc2)s1)c1ccccc1. The van der Waals surface area contributed by atoms with Crippen molar-refractivity contribution >= 4 is 62.4 Å². The predicted octanol–water partition coefficient (Wildman–Crippen LogP) is 5.25. The van der Waals surface area contributed by atoms with Gasteiger partial charge < -0.3 is 0 Å². The Morgan fingerprint density at radius 1 is 0.808 bits per heavy atom. The first-order valence-corrected chi connectivity index (χ1v) is 11.2. The smallest absolute Gasteiger partial charge is 0.175 e. The molecule has 26 heavy (non-hydrogen) atoms. The summed E-state index contributed by atoms with van der Waals surface area (Å²) in [5.41, 5.74) is 1.37. The van der Waals surface area contributed by atoms with E-state index in [1.807, 2.05) is 30.3 Å². The summed E-state index contributed by atoms with van der Waals surface area (Å²) in [5.74, 6) is 0.738. The number of carbonyl (C=O) groups excluding carboxylic acids is 2. The Kier molecular flexibility index (Phi) is 7.01. The van der Waals surface area contributed by atoms with E-state index in [9.17, 15) is 9.59 Å². The van der Waals surface area contributed by atoms with Crippen molar-refractivity contribution in [2.75, 3.05) is 11.5 Å². The zero-order valence-electron chi connectivity index (χ0n) is 13.4. The lowest BCUT2D eigenvalue weighted by Gasteiger charge is -1.99. The van der Waals surface area contributed by atoms with Gasteiger partial charge in [-0.1, -0.05) is 93.3 Å². The van der Waals surface area contributed by atoms with Crippen LogP contribution in [0.3, 0.4) is 0 Å². The Hall–Kier alpha value is -1.48. The van der Waals surface area contributed by atoms with Gasteiger partial charge in [-0.3, -0.25) is 9.59 Å². The van der Waals surface area contributed by atoms with Gasteiger partial charge >= 0.3 is 0 Å². The van der Waals surface area contributed by atoms with E-state index in [1.165, 1.54) is 34.9 Å². The minimum atomic E-state index is 0.0474. The Bertz CT molecular complexity index is 898. The monoisotopic (exact) mass is 464 g/mol. The molecule has 0 unspecified atom stereocenters. The molecule has 1 heterocycles. The molecule has 4 nitrogen and oxygen atoms in total. The van der Waals surface area contributed by atoms with E-state index in [4.69, 9.17) is 0 Å². The zero-order valence-corrected chi connectivity index (χ0v) is 17.5. The highest BCUT2D eigenvalue weighted by atomic mass is 79.9. The maximum atomic E-state index is 12.2. The summed E-state index contributed by atoms with van der Waals surface area (Å²) in [4.78, 5) is 24.3. The molecule has 3 aromatic rings. The van der Waals surface area contributed by atoms with Gasteiger partial charge in [-0.2, -0.15) is 0 Å². The third kappa shape index (κ3) is 5.51. The lowest BCUT2D eigenvalue weighted by Crippen LogP contribution is -2.01. The van der Waals surface area contributed by atoms with Gasteiger partial charge in [0.05, 0.1) is 11.5 Å². The Labute approximate surface area is 171 Å². The van der Waals surface area contributed by atoms with E-state index in [2.05, 4.69) is 26.1 Å². The Morgan fingerprint density at radius 2 is 1.31 bits per heavy atom. The molecule has 0 atom stereocenters. The van der Waals surface area contributed by atoms with Gasteiger partial charge in [0, 0.05) is 15.6 Å². The van der Waals surface area contributed by atoms with Crippen LogP contribution in [-0.4, -0.2) is 33.3 Å². The number of hydrogen-bond acceptors (Lipinski definition) is 7. The van der Waals surface area contributed by atoms with Gasteiger partial charge in [-0.25, -0.2) is 0 Å². The molecule has 8 heteroatoms. The molecule has 0 N–H and O–H groups in total. The standard InChI is InChI=1S/C18H13BrN2O2S3/c19-14-8-6-13(7-9-14)16(23)11-25-18-21-20-17(26-18)24-10-15(22)12-4-2-1-3-5-12/h1-9H,10-11H2. The van der Waals surface area contributed by atoms with Gasteiger partial charge in [0.1, 0.15) is 0 Å². The van der Waals surface area contributed by atoms with E-state index >= 15 is 0 Å². The number of benzene rings is 2. The van der Waals surface area contributed by atoms with Gasteiger partial charge in [0.15, 0.2) is 20.2 Å². The van der Waals surface area contributed by atoms with Crippen molar-refractivity contribution in [1.29, 1.82) is 0 Å². The zero-order chi connectivity index (χ0) is 18.4. The minimum Gasteiger partial charge on any atom is -0.293 e. The van der Waals surface area contributed by atoms with Gasteiger partial charge in [0.2, 0.25) is 0 Å². The summed E-state index contributed by atoms with van der Waals surface area (Å²) in [6.45, 7) is 0. The Balaban J connectivity index is 1.49. The molecule has 0 fully saturated rings. The fraction of sp³-hybridized carbons (Fsp3) is 0.111. The van der Waals surface area contributed by atoms with Crippen LogP contribution in [0.5, 0.6) is 0 Å². The molecule has 0 aliphatic carbocycles. The van der Waals surface area contributed by atoms with E-state index < -0.39 is 0 Å². The summed E-state index contributed by atoms with van der Waals surface area (Å²) in [5, 5.41) is 8.17. The summed E-state index contributed by atoms with van der Waals surface area (Å²) < 4.78 is 2.40. The van der Waals surface area contributed by atoms with Crippen LogP contribution in [0.25, 0.3) is 0 Å². The second-order valence-electron chi connectivity index (χ2n) is 5.13. The molecule has 0 aliphatic rings. The topological polar surface area (TPSA) is 59.9 Å². The molecule has 0 spiro atoms. The molecule has 3 rings (SSSR count). The summed E-state index contributed by atoms with van der Waals surface area (Å²) in [6.07, 6.45) is 0. The molecule has 0 bridgehead atoms. The lowest BCUT2D eigenvalue weighted by atomic mass is 10.2. The number of nitrogens with zero attached hydrogens (tertiary/aromatic N) is 2. The van der Waals surface area contributed by atoms with Crippen molar-refractivity contribution in [3.8, 4) is 0 Å². The lowest BCUT2D eigenvalue weighted by molar-refractivity contribution is 0.101. The van der Waals surface area contributed by atoms with Gasteiger partial charge in [0.25, 0.3) is 0 Å². The van der Waals surface area contributed by atoms with Crippen LogP contribution in [0.4, 0.5) is 0 Å². The highest BCUT2D eigenvalue weighted by Gasteiger charge is 2.12. The van der Waals surface area contributed by atoms with E-state index in [0.717, 1.165) is 13.2 Å². The first-order chi connectivity index (χ1) is 12.6. The van der Waals surface area contributed by atoms with E-state index in [1.54, 1.807) is 24.3 Å². The summed E-state index contributed by atoms with van der Waals surface area (Å²) >= 11 is 7.49. The van der Waals surface area contributed by atoms with Gasteiger partial charge in [-0.05, 0) is 12.1 Å². The fourth-order valence-electron chi connectivity index (χ4n) is 1.99. The van der Waals surface area contributed by atoms with Crippen molar-refractivity contribution in [3.05, 3.63) is 70.2 Å². The molecule has 0 saturated carbocycles. The first kappa shape index (κ1) is 19.3. The number of aromatic nitrogens is 2. The highest BCUT2D eigenvalue weighted by molar-refractivity contribution is 9.10. The van der Waals surface area contributed by atoms with E-state index in [-0.39, 0.29) is 11.6 Å². The number of Topliss-reactive ketones (excluding diaryl/α,β-unsaturated/α-hetero) is 2. The molecular weight excluding hydrogens is 452 g/mol. The number of ketones is 2. The molecular formula is C18H13BrN2O2S3. The minimum absolute atomic E-state index is 0.0474. The molecule has 0 saturated heterocycles. The third-order valence-electron chi connectivity index (χ3n) is 3.30. The van der Waals surface area contributed by atoms with Crippen LogP contribution in [0.2, 0.25) is 0 Å². The fourth-order valence-corrected chi connectivity index (χ4v) is 5.07. The molecule has 0 radical (unpaired) electrons. The van der Waals surface area contributed by atoms with Crippen molar-refractivity contribution in [1.82, 2.24) is 10.2 Å². The molecule has 1 aromatic heterocycles. The normalized spacial score (nSPS) is 10.7. The average molecular weight is 465 g/mol. The number of halogens is 1. The quantitative estimate of drug-likeness (QED) is 0.335. The molecule has 132 valence electrons.